The van der Waals surface area contributed by atoms with E-state index in [0.717, 1.165) is 33.8 Å². The van der Waals surface area contributed by atoms with Crippen LogP contribution in [0.15, 0.2) is 128 Å². The predicted octanol–water partition coefficient (Wildman–Crippen LogP) is 6.73. The first-order valence-corrected chi connectivity index (χ1v) is 13.9. The van der Waals surface area contributed by atoms with Crippen molar-refractivity contribution in [2.75, 3.05) is 0 Å². The lowest BCUT2D eigenvalue weighted by molar-refractivity contribution is -0.171. The molecule has 5 heteroatoms. The molecule has 1 aliphatic rings. The zero-order chi connectivity index (χ0) is 27.7. The van der Waals surface area contributed by atoms with E-state index in [2.05, 4.69) is 52.8 Å². The summed E-state index contributed by atoms with van der Waals surface area (Å²) < 4.78 is 22.0. The van der Waals surface area contributed by atoms with Crippen LogP contribution in [0.25, 0.3) is 0 Å². The number of imidazole rings is 1. The predicted molar refractivity (Wildman–Crippen MR) is 159 cm³/mol. The van der Waals surface area contributed by atoms with Crippen molar-refractivity contribution in [1.82, 2.24) is 9.55 Å². The Balaban J connectivity index is 1.33. The van der Waals surface area contributed by atoms with Crippen LogP contribution in [0.5, 0.6) is 0 Å². The van der Waals surface area contributed by atoms with Gasteiger partial charge in [0.25, 0.3) is 0 Å². The van der Waals surface area contributed by atoms with Crippen LogP contribution >= 0.6 is 0 Å². The molecule has 0 N–H and O–H groups in total. The average molecular weight is 541 g/mol. The Morgan fingerprint density at radius 2 is 1.12 bits per heavy atom. The lowest BCUT2D eigenvalue weighted by atomic mass is 10.0. The molecule has 0 unspecified atom stereocenters. The highest BCUT2D eigenvalue weighted by molar-refractivity contribution is 5.40. The van der Waals surface area contributed by atoms with Crippen molar-refractivity contribution in [2.24, 2.45) is 0 Å². The first kappa shape index (κ1) is 26.7. The van der Waals surface area contributed by atoms with E-state index in [1.54, 1.807) is 0 Å². The third-order valence-corrected chi connectivity index (χ3v) is 7.14. The maximum Gasteiger partial charge on any atom is 0.144 e. The second kappa shape index (κ2) is 13.3. The van der Waals surface area contributed by atoms with Gasteiger partial charge in [0.15, 0.2) is 0 Å². The molecule has 5 aromatic rings. The number of rotatable bonds is 9. The maximum absolute atomic E-state index is 6.63. The molecule has 0 radical (unpaired) electrons. The lowest BCUT2D eigenvalue weighted by Crippen LogP contribution is -2.46. The van der Waals surface area contributed by atoms with Gasteiger partial charge in [0.2, 0.25) is 0 Å². The summed E-state index contributed by atoms with van der Waals surface area (Å²) in [6, 6.07) is 40.6. The Hall–Kier alpha value is -4.47. The summed E-state index contributed by atoms with van der Waals surface area (Å²) in [5.74, 6) is 7.41. The molecule has 0 amide bonds. The van der Waals surface area contributed by atoms with E-state index >= 15 is 0 Å². The first-order valence-electron chi connectivity index (χ1n) is 13.9. The van der Waals surface area contributed by atoms with Crippen LogP contribution in [-0.2, 0) is 40.6 Å². The lowest BCUT2D eigenvalue weighted by Gasteiger charge is -2.38. The highest BCUT2D eigenvalue weighted by Gasteiger charge is 2.41. The highest BCUT2D eigenvalue weighted by Crippen LogP contribution is 2.34. The largest absolute Gasteiger partial charge is 0.369 e. The minimum absolute atomic E-state index is 0.279. The summed E-state index contributed by atoms with van der Waals surface area (Å²) in [6.07, 6.45) is 0.740. The number of fused-ring (bicyclic) bond motifs is 1. The smallest absolute Gasteiger partial charge is 0.144 e. The second-order valence-electron chi connectivity index (χ2n) is 10.0. The van der Waals surface area contributed by atoms with E-state index in [1.165, 1.54) is 0 Å². The Morgan fingerprint density at radius 3 is 1.71 bits per heavy atom. The van der Waals surface area contributed by atoms with E-state index in [0.29, 0.717) is 26.4 Å². The molecule has 1 aliphatic heterocycles. The fourth-order valence-corrected chi connectivity index (χ4v) is 5.01. The SMILES string of the molecule is C(#Cc1cnc2n1C[C@H](OCc1ccccc1)[C@H](OCc1ccccc1)[C@H]2OCc1ccccc1)c1ccccc1. The molecule has 41 heavy (non-hydrogen) atoms. The number of ether oxygens (including phenoxy) is 3. The molecule has 2 heterocycles. The van der Waals surface area contributed by atoms with E-state index in [4.69, 9.17) is 19.2 Å². The standard InChI is InChI=1S/C36H32N2O3/c1-5-13-28(14-6-1)21-22-32-23-37-36-35(41-27-31-19-11-4-12-20-31)34(40-26-30-17-9-3-10-18-30)33(24-38(32)36)39-25-29-15-7-2-8-16-29/h1-20,23,33-35H,24-27H2/t33-,34-,35+/m0/s1. The number of nitrogens with zero attached hydrogens (tertiary/aromatic N) is 2. The zero-order valence-electron chi connectivity index (χ0n) is 22.8. The molecular weight excluding hydrogens is 508 g/mol. The van der Waals surface area contributed by atoms with Gasteiger partial charge < -0.3 is 18.8 Å². The number of benzene rings is 4. The molecule has 0 saturated carbocycles. The van der Waals surface area contributed by atoms with Gasteiger partial charge in [-0.1, -0.05) is 115 Å². The average Bonchev–Trinajstić information content (AvgIpc) is 3.45. The summed E-state index contributed by atoms with van der Waals surface area (Å²) in [7, 11) is 0. The third-order valence-electron chi connectivity index (χ3n) is 7.14. The molecule has 0 saturated heterocycles. The van der Waals surface area contributed by atoms with Gasteiger partial charge >= 0.3 is 0 Å². The molecular formula is C36H32N2O3. The molecule has 0 aliphatic carbocycles. The summed E-state index contributed by atoms with van der Waals surface area (Å²) in [5.41, 5.74) is 5.07. The molecule has 3 atom stereocenters. The van der Waals surface area contributed by atoms with Crippen molar-refractivity contribution in [3.05, 3.63) is 161 Å². The number of hydrogen-bond acceptors (Lipinski definition) is 4. The minimum Gasteiger partial charge on any atom is -0.369 e. The van der Waals surface area contributed by atoms with Gasteiger partial charge in [-0.15, -0.1) is 0 Å². The van der Waals surface area contributed by atoms with Crippen LogP contribution < -0.4 is 0 Å². The molecule has 0 bridgehead atoms. The van der Waals surface area contributed by atoms with Gasteiger partial charge in [-0.3, -0.25) is 0 Å². The minimum atomic E-state index is -0.444. The molecule has 4 aromatic carbocycles. The fourth-order valence-electron chi connectivity index (χ4n) is 5.01. The van der Waals surface area contributed by atoms with Crippen molar-refractivity contribution < 1.29 is 14.2 Å². The van der Waals surface area contributed by atoms with E-state index < -0.39 is 6.10 Å². The van der Waals surface area contributed by atoms with Crippen LogP contribution in [0.3, 0.4) is 0 Å². The van der Waals surface area contributed by atoms with Gasteiger partial charge in [0.05, 0.1) is 32.6 Å². The van der Waals surface area contributed by atoms with Gasteiger partial charge in [-0.2, -0.15) is 0 Å². The van der Waals surface area contributed by atoms with Crippen LogP contribution in [0.4, 0.5) is 0 Å². The van der Waals surface area contributed by atoms with Crippen LogP contribution in [0.2, 0.25) is 0 Å². The maximum atomic E-state index is 6.63. The summed E-state index contributed by atoms with van der Waals surface area (Å²) in [6.45, 7) is 1.91. The Kier molecular flexibility index (Phi) is 8.64. The fraction of sp³-hybridized carbons (Fsp3) is 0.194. The van der Waals surface area contributed by atoms with Crippen molar-refractivity contribution in [2.45, 2.75) is 44.7 Å². The zero-order valence-corrected chi connectivity index (χ0v) is 22.8. The number of aromatic nitrogens is 2. The van der Waals surface area contributed by atoms with Crippen LogP contribution in [0.1, 0.15) is 39.9 Å². The van der Waals surface area contributed by atoms with Crippen molar-refractivity contribution >= 4 is 0 Å². The van der Waals surface area contributed by atoms with E-state index in [-0.39, 0.29) is 12.2 Å². The Bertz CT molecular complexity index is 1580. The molecule has 0 spiro atoms. The summed E-state index contributed by atoms with van der Waals surface area (Å²) in [4.78, 5) is 4.82. The topological polar surface area (TPSA) is 45.5 Å². The van der Waals surface area contributed by atoms with Gasteiger partial charge in [0, 0.05) is 5.56 Å². The van der Waals surface area contributed by atoms with Crippen molar-refractivity contribution in [3.63, 3.8) is 0 Å². The van der Waals surface area contributed by atoms with E-state index in [1.807, 2.05) is 91.1 Å². The molecule has 5 nitrogen and oxygen atoms in total. The van der Waals surface area contributed by atoms with Gasteiger partial charge in [-0.05, 0) is 34.7 Å². The summed E-state index contributed by atoms with van der Waals surface area (Å²) in [5, 5.41) is 0. The quantitative estimate of drug-likeness (QED) is 0.195. The van der Waals surface area contributed by atoms with Crippen molar-refractivity contribution in [1.29, 1.82) is 0 Å². The molecule has 6 rings (SSSR count). The molecule has 1 aromatic heterocycles. The van der Waals surface area contributed by atoms with Gasteiger partial charge in [0.1, 0.15) is 29.8 Å². The first-order chi connectivity index (χ1) is 20.3. The van der Waals surface area contributed by atoms with Gasteiger partial charge in [-0.25, -0.2) is 4.98 Å². The summed E-state index contributed by atoms with van der Waals surface area (Å²) >= 11 is 0. The normalized spacial score (nSPS) is 17.8. The highest BCUT2D eigenvalue weighted by atomic mass is 16.6. The third kappa shape index (κ3) is 6.82. The van der Waals surface area contributed by atoms with E-state index in [9.17, 15) is 0 Å². The second-order valence-corrected chi connectivity index (χ2v) is 10.0. The van der Waals surface area contributed by atoms with Crippen LogP contribution in [-0.4, -0.2) is 21.8 Å². The Labute approximate surface area is 241 Å². The monoisotopic (exact) mass is 540 g/mol. The molecule has 0 fully saturated rings. The number of hydrogen-bond donors (Lipinski definition) is 0. The molecule has 204 valence electrons. The van der Waals surface area contributed by atoms with Crippen molar-refractivity contribution in [3.8, 4) is 11.8 Å². The Morgan fingerprint density at radius 1 is 0.610 bits per heavy atom. The van der Waals surface area contributed by atoms with Crippen LogP contribution in [0, 0.1) is 11.8 Å².